The van der Waals surface area contributed by atoms with Crippen LogP contribution in [0.15, 0.2) is 24.3 Å². The summed E-state index contributed by atoms with van der Waals surface area (Å²) >= 11 is 0. The largest absolute Gasteiger partial charge is 0.448 e. The second-order valence-corrected chi connectivity index (χ2v) is 5.55. The van der Waals surface area contributed by atoms with Gasteiger partial charge in [-0.15, -0.1) is 0 Å². The van der Waals surface area contributed by atoms with E-state index in [0.29, 0.717) is 5.39 Å². The summed E-state index contributed by atoms with van der Waals surface area (Å²) in [6.45, 7) is 3.10. The van der Waals surface area contributed by atoms with Crippen LogP contribution >= 0.6 is 0 Å². The lowest BCUT2D eigenvalue weighted by Gasteiger charge is -2.28. The molecule has 1 aromatic heterocycles. The summed E-state index contributed by atoms with van der Waals surface area (Å²) in [6.07, 6.45) is 2.38. The fourth-order valence-corrected chi connectivity index (χ4v) is 2.76. The molecule has 6 nitrogen and oxygen atoms in total. The first-order valence-electron chi connectivity index (χ1n) is 7.59. The van der Waals surface area contributed by atoms with Crippen LogP contribution in [0.25, 0.3) is 10.9 Å². The number of nitrogens with one attached hydrogen (secondary N) is 1. The Morgan fingerprint density at radius 1 is 1.23 bits per heavy atom. The first kappa shape index (κ1) is 14.6. The molecule has 1 N–H and O–H groups in total. The van der Waals surface area contributed by atoms with Gasteiger partial charge in [0.1, 0.15) is 0 Å². The van der Waals surface area contributed by atoms with Crippen molar-refractivity contribution in [2.24, 2.45) is 0 Å². The molecule has 6 heteroatoms. The summed E-state index contributed by atoms with van der Waals surface area (Å²) in [5.74, 6) is -0.705. The quantitative estimate of drug-likeness (QED) is 0.881. The van der Waals surface area contributed by atoms with Gasteiger partial charge in [0.2, 0.25) is 0 Å². The highest BCUT2D eigenvalue weighted by atomic mass is 16.5. The Labute approximate surface area is 128 Å². The Balaban J connectivity index is 1.69. The van der Waals surface area contributed by atoms with Crippen molar-refractivity contribution in [1.29, 1.82) is 0 Å². The lowest BCUT2D eigenvalue weighted by Crippen LogP contribution is -2.42. The molecule has 0 radical (unpaired) electrons. The minimum atomic E-state index is -0.791. The van der Waals surface area contributed by atoms with Gasteiger partial charge in [-0.05, 0) is 32.3 Å². The van der Waals surface area contributed by atoms with E-state index in [9.17, 15) is 9.59 Å². The van der Waals surface area contributed by atoms with Crippen molar-refractivity contribution in [1.82, 2.24) is 15.1 Å². The lowest BCUT2D eigenvalue weighted by atomic mass is 10.1. The molecule has 0 aliphatic carbocycles. The molecule has 116 valence electrons. The van der Waals surface area contributed by atoms with Crippen molar-refractivity contribution in [3.8, 4) is 0 Å². The van der Waals surface area contributed by atoms with Crippen LogP contribution in [0.5, 0.6) is 0 Å². The second kappa shape index (κ2) is 6.17. The number of rotatable bonds is 3. The minimum absolute atomic E-state index is 0.132. The second-order valence-electron chi connectivity index (χ2n) is 5.55. The van der Waals surface area contributed by atoms with E-state index in [2.05, 4.69) is 10.2 Å². The van der Waals surface area contributed by atoms with E-state index < -0.39 is 12.1 Å². The number of ether oxygens (including phenoxy) is 1. The van der Waals surface area contributed by atoms with Gasteiger partial charge >= 0.3 is 5.97 Å². The van der Waals surface area contributed by atoms with Crippen LogP contribution in [0.1, 0.15) is 36.7 Å². The van der Waals surface area contributed by atoms with Crippen LogP contribution in [0, 0.1) is 0 Å². The molecule has 3 rings (SSSR count). The van der Waals surface area contributed by atoms with Crippen molar-refractivity contribution in [3.63, 3.8) is 0 Å². The number of hydrogen-bond acceptors (Lipinski definition) is 4. The summed E-state index contributed by atoms with van der Waals surface area (Å²) in [5, 5.41) is 7.48. The number of carbonyl (C=O) groups is 2. The van der Waals surface area contributed by atoms with Gasteiger partial charge in [0.15, 0.2) is 11.8 Å². The molecule has 1 fully saturated rings. The third-order valence-electron chi connectivity index (χ3n) is 3.96. The van der Waals surface area contributed by atoms with Crippen molar-refractivity contribution in [2.45, 2.75) is 32.3 Å². The van der Waals surface area contributed by atoms with Crippen LogP contribution in [-0.4, -0.2) is 46.2 Å². The number of fused-ring (bicyclic) bond motifs is 1. The molecule has 1 atom stereocenters. The number of esters is 1. The van der Waals surface area contributed by atoms with E-state index in [1.54, 1.807) is 17.9 Å². The highest BCUT2D eigenvalue weighted by molar-refractivity contribution is 6.02. The van der Waals surface area contributed by atoms with Crippen molar-refractivity contribution in [2.75, 3.05) is 13.1 Å². The maximum atomic E-state index is 12.3. The number of carbonyl (C=O) groups excluding carboxylic acids is 2. The number of likely N-dealkylation sites (tertiary alicyclic amines) is 1. The average molecular weight is 301 g/mol. The SMILES string of the molecule is C[C@H](OC(=O)c1n[nH]c2ccccc12)C(=O)N1CCCCC1. The Bertz CT molecular complexity index is 689. The number of aromatic nitrogens is 2. The zero-order valence-electron chi connectivity index (χ0n) is 12.5. The Morgan fingerprint density at radius 3 is 2.73 bits per heavy atom. The van der Waals surface area contributed by atoms with Crippen LogP contribution < -0.4 is 0 Å². The summed E-state index contributed by atoms with van der Waals surface area (Å²) in [6, 6.07) is 7.32. The first-order chi connectivity index (χ1) is 10.7. The Morgan fingerprint density at radius 2 is 1.95 bits per heavy atom. The monoisotopic (exact) mass is 301 g/mol. The predicted molar refractivity (Wildman–Crippen MR) is 81.4 cm³/mol. The number of H-pyrrole nitrogens is 1. The minimum Gasteiger partial charge on any atom is -0.448 e. The topological polar surface area (TPSA) is 75.3 Å². The van der Waals surface area contributed by atoms with E-state index in [1.807, 2.05) is 18.2 Å². The molecule has 2 heterocycles. The standard InChI is InChI=1S/C16H19N3O3/c1-11(15(20)19-9-5-2-6-10-19)22-16(21)14-12-7-3-4-8-13(12)17-18-14/h3-4,7-8,11H,2,5-6,9-10H2,1H3,(H,17,18)/t11-/m0/s1. The molecule has 1 amide bonds. The number of amides is 1. The smallest absolute Gasteiger partial charge is 0.360 e. The van der Waals surface area contributed by atoms with Crippen LogP contribution in [0.2, 0.25) is 0 Å². The first-order valence-corrected chi connectivity index (χ1v) is 7.59. The number of nitrogens with zero attached hydrogens (tertiary/aromatic N) is 2. The molecule has 1 aliphatic heterocycles. The molecule has 0 spiro atoms. The highest BCUT2D eigenvalue weighted by Crippen LogP contribution is 2.17. The number of benzene rings is 1. The molecular weight excluding hydrogens is 282 g/mol. The predicted octanol–water partition coefficient (Wildman–Crippen LogP) is 2.12. The van der Waals surface area contributed by atoms with Crippen LogP contribution in [0.4, 0.5) is 0 Å². The molecule has 1 aromatic carbocycles. The highest BCUT2D eigenvalue weighted by Gasteiger charge is 2.26. The molecule has 2 aromatic rings. The maximum absolute atomic E-state index is 12.3. The summed E-state index contributed by atoms with van der Waals surface area (Å²) in [4.78, 5) is 26.3. The molecule has 22 heavy (non-hydrogen) atoms. The average Bonchev–Trinajstić information content (AvgIpc) is 2.99. The summed E-state index contributed by atoms with van der Waals surface area (Å²) in [7, 11) is 0. The molecular formula is C16H19N3O3. The fourth-order valence-electron chi connectivity index (χ4n) is 2.76. The van der Waals surface area contributed by atoms with Crippen molar-refractivity contribution < 1.29 is 14.3 Å². The van der Waals surface area contributed by atoms with Gasteiger partial charge in [-0.25, -0.2) is 4.79 Å². The van der Waals surface area contributed by atoms with Gasteiger partial charge in [0, 0.05) is 18.5 Å². The van der Waals surface area contributed by atoms with Gasteiger partial charge in [-0.3, -0.25) is 9.89 Å². The van der Waals surface area contributed by atoms with Gasteiger partial charge < -0.3 is 9.64 Å². The van der Waals surface area contributed by atoms with Crippen LogP contribution in [0.3, 0.4) is 0 Å². The number of para-hydroxylation sites is 1. The van der Waals surface area contributed by atoms with E-state index >= 15 is 0 Å². The van der Waals surface area contributed by atoms with E-state index in [4.69, 9.17) is 4.74 Å². The molecule has 1 aliphatic rings. The number of hydrogen-bond donors (Lipinski definition) is 1. The van der Waals surface area contributed by atoms with E-state index in [-0.39, 0.29) is 11.6 Å². The van der Waals surface area contributed by atoms with Gasteiger partial charge in [0.25, 0.3) is 5.91 Å². The van der Waals surface area contributed by atoms with Crippen molar-refractivity contribution >= 4 is 22.8 Å². The molecule has 0 bridgehead atoms. The molecule has 1 saturated heterocycles. The van der Waals surface area contributed by atoms with Gasteiger partial charge in [-0.2, -0.15) is 5.10 Å². The fraction of sp³-hybridized carbons (Fsp3) is 0.438. The Kier molecular flexibility index (Phi) is 4.09. The number of aromatic amines is 1. The van der Waals surface area contributed by atoms with E-state index in [0.717, 1.165) is 37.9 Å². The van der Waals surface area contributed by atoms with Gasteiger partial charge in [0.05, 0.1) is 5.52 Å². The third kappa shape index (κ3) is 2.81. The summed E-state index contributed by atoms with van der Waals surface area (Å²) < 4.78 is 5.31. The Hall–Kier alpha value is -2.37. The lowest BCUT2D eigenvalue weighted by molar-refractivity contribution is -0.140. The van der Waals surface area contributed by atoms with Gasteiger partial charge in [-0.1, -0.05) is 18.2 Å². The third-order valence-corrected chi connectivity index (χ3v) is 3.96. The van der Waals surface area contributed by atoms with Crippen LogP contribution in [-0.2, 0) is 9.53 Å². The molecule has 0 saturated carbocycles. The maximum Gasteiger partial charge on any atom is 0.360 e. The van der Waals surface area contributed by atoms with E-state index in [1.165, 1.54) is 0 Å². The zero-order chi connectivity index (χ0) is 15.5. The summed E-state index contributed by atoms with van der Waals surface area (Å²) in [5.41, 5.74) is 0.985. The number of piperidine rings is 1. The normalized spacial score (nSPS) is 16.5. The molecule has 0 unspecified atom stereocenters. The zero-order valence-corrected chi connectivity index (χ0v) is 12.5. The van der Waals surface area contributed by atoms with Crippen molar-refractivity contribution in [3.05, 3.63) is 30.0 Å².